The Hall–Kier alpha value is -2.32. The third-order valence-electron chi connectivity index (χ3n) is 6.72. The first-order valence-electron chi connectivity index (χ1n) is 11.7. The third-order valence-corrected chi connectivity index (χ3v) is 6.72. The minimum Gasteiger partial charge on any atom is -0.354 e. The third kappa shape index (κ3) is 5.72. The Morgan fingerprint density at radius 2 is 1.75 bits per heavy atom. The highest BCUT2D eigenvalue weighted by Gasteiger charge is 2.30. The summed E-state index contributed by atoms with van der Waals surface area (Å²) in [4.78, 5) is 20.9. The molecule has 1 aromatic carbocycles. The maximum absolute atomic E-state index is 13.7. The molecular weight excluding hydrogens is 412 g/mol. The van der Waals surface area contributed by atoms with E-state index in [0.29, 0.717) is 44.6 Å². The van der Waals surface area contributed by atoms with Gasteiger partial charge in [-0.25, -0.2) is 13.8 Å². The standard InChI is InChI=1S/C24H33F2N5O/c25-18-5-1-15(2-6-18)13-20(27)14-29-24-30-22(17-9-11-28-12-10-17)21(23(32)31-24)16-3-7-19(26)8-4-16/h1-2,5-6,16-17,19-20,28H,3-4,7-14,27H2,(H2,29,30,31,32). The first-order chi connectivity index (χ1) is 15.5. The van der Waals surface area contributed by atoms with Gasteiger partial charge in [0.05, 0.1) is 5.69 Å². The highest BCUT2D eigenvalue weighted by atomic mass is 19.1. The molecule has 1 aliphatic heterocycles. The number of nitrogens with one attached hydrogen (secondary N) is 3. The van der Waals surface area contributed by atoms with Crippen LogP contribution in [0.25, 0.3) is 0 Å². The summed E-state index contributed by atoms with van der Waals surface area (Å²) < 4.78 is 26.8. The molecule has 174 valence electrons. The van der Waals surface area contributed by atoms with Gasteiger partial charge in [0.25, 0.3) is 5.56 Å². The van der Waals surface area contributed by atoms with Gasteiger partial charge in [0.15, 0.2) is 0 Å². The summed E-state index contributed by atoms with van der Waals surface area (Å²) in [6.07, 6.45) is 4.10. The van der Waals surface area contributed by atoms with Crippen molar-refractivity contribution >= 4 is 5.95 Å². The smallest absolute Gasteiger partial charge is 0.256 e. The van der Waals surface area contributed by atoms with Gasteiger partial charge in [0, 0.05) is 24.1 Å². The second-order valence-electron chi connectivity index (χ2n) is 9.16. The molecule has 4 rings (SSSR count). The first kappa shape index (κ1) is 22.9. The van der Waals surface area contributed by atoms with E-state index in [1.807, 2.05) is 0 Å². The molecular formula is C24H33F2N5O. The van der Waals surface area contributed by atoms with Crippen LogP contribution >= 0.6 is 0 Å². The SMILES string of the molecule is NC(CNc1nc(C2CCNCC2)c(C2CCC(F)CC2)c(=O)[nH]1)Cc1ccc(F)cc1. The van der Waals surface area contributed by atoms with E-state index in [4.69, 9.17) is 10.7 Å². The molecule has 0 spiro atoms. The fraction of sp³-hybridized carbons (Fsp3) is 0.583. The zero-order chi connectivity index (χ0) is 22.5. The summed E-state index contributed by atoms with van der Waals surface area (Å²) in [5, 5.41) is 6.56. The van der Waals surface area contributed by atoms with Crippen LogP contribution in [-0.4, -0.2) is 41.8 Å². The maximum atomic E-state index is 13.7. The van der Waals surface area contributed by atoms with E-state index in [2.05, 4.69) is 15.6 Å². The first-order valence-corrected chi connectivity index (χ1v) is 11.7. The van der Waals surface area contributed by atoms with Crippen LogP contribution in [0.1, 0.15) is 67.2 Å². The van der Waals surface area contributed by atoms with Crippen molar-refractivity contribution in [2.24, 2.45) is 5.73 Å². The number of nitrogens with zero attached hydrogens (tertiary/aromatic N) is 1. The second-order valence-corrected chi connectivity index (χ2v) is 9.16. The van der Waals surface area contributed by atoms with Crippen molar-refractivity contribution in [3.8, 4) is 0 Å². The summed E-state index contributed by atoms with van der Waals surface area (Å²) in [6, 6.07) is 6.09. The molecule has 0 radical (unpaired) electrons. The molecule has 2 aromatic rings. The number of benzene rings is 1. The van der Waals surface area contributed by atoms with Crippen molar-refractivity contribution in [3.05, 3.63) is 57.3 Å². The summed E-state index contributed by atoms with van der Waals surface area (Å²) >= 11 is 0. The van der Waals surface area contributed by atoms with Gasteiger partial charge in [-0.2, -0.15) is 0 Å². The lowest BCUT2D eigenvalue weighted by atomic mass is 9.80. The van der Waals surface area contributed by atoms with Gasteiger partial charge in [-0.15, -0.1) is 0 Å². The molecule has 1 unspecified atom stereocenters. The minimum atomic E-state index is -0.760. The number of anilines is 1. The number of aromatic nitrogens is 2. The van der Waals surface area contributed by atoms with Crippen LogP contribution in [0.15, 0.2) is 29.1 Å². The number of nitrogens with two attached hydrogens (primary N) is 1. The molecule has 6 nitrogen and oxygen atoms in total. The molecule has 2 heterocycles. The fourth-order valence-corrected chi connectivity index (χ4v) is 4.95. The van der Waals surface area contributed by atoms with Crippen molar-refractivity contribution in [1.29, 1.82) is 0 Å². The van der Waals surface area contributed by atoms with Crippen LogP contribution in [-0.2, 0) is 6.42 Å². The van der Waals surface area contributed by atoms with E-state index < -0.39 is 6.17 Å². The minimum absolute atomic E-state index is 0.0675. The van der Waals surface area contributed by atoms with Crippen LogP contribution < -0.4 is 21.9 Å². The van der Waals surface area contributed by atoms with Gasteiger partial charge in [0.1, 0.15) is 12.0 Å². The molecule has 1 atom stereocenters. The van der Waals surface area contributed by atoms with Crippen LogP contribution in [0.4, 0.5) is 14.7 Å². The van der Waals surface area contributed by atoms with Crippen LogP contribution in [0.5, 0.6) is 0 Å². The largest absolute Gasteiger partial charge is 0.354 e. The number of H-pyrrole nitrogens is 1. The average molecular weight is 446 g/mol. The van der Waals surface area contributed by atoms with Crippen LogP contribution in [0.2, 0.25) is 0 Å². The van der Waals surface area contributed by atoms with Crippen LogP contribution in [0.3, 0.4) is 0 Å². The summed E-state index contributed by atoms with van der Waals surface area (Å²) in [7, 11) is 0. The monoisotopic (exact) mass is 445 g/mol. The number of aromatic amines is 1. The van der Waals surface area contributed by atoms with Gasteiger partial charge in [0.2, 0.25) is 5.95 Å². The van der Waals surface area contributed by atoms with Crippen molar-refractivity contribution in [1.82, 2.24) is 15.3 Å². The van der Waals surface area contributed by atoms with E-state index in [9.17, 15) is 13.6 Å². The number of alkyl halides is 1. The second kappa shape index (κ2) is 10.5. The molecule has 2 fully saturated rings. The van der Waals surface area contributed by atoms with Gasteiger partial charge in [-0.05, 0) is 81.6 Å². The lowest BCUT2D eigenvalue weighted by molar-refractivity contribution is 0.234. The quantitative estimate of drug-likeness (QED) is 0.524. The summed E-state index contributed by atoms with van der Waals surface area (Å²) in [6.45, 7) is 2.24. The molecule has 0 bridgehead atoms. The summed E-state index contributed by atoms with van der Waals surface area (Å²) in [5.74, 6) is 0.455. The molecule has 8 heteroatoms. The van der Waals surface area contributed by atoms with Gasteiger partial charge < -0.3 is 16.4 Å². The zero-order valence-corrected chi connectivity index (χ0v) is 18.4. The Morgan fingerprint density at radius 1 is 1.06 bits per heavy atom. The van der Waals surface area contributed by atoms with E-state index >= 15 is 0 Å². The van der Waals surface area contributed by atoms with Crippen molar-refractivity contribution in [3.63, 3.8) is 0 Å². The van der Waals surface area contributed by atoms with Crippen molar-refractivity contribution in [2.45, 2.75) is 69.0 Å². The predicted molar refractivity (Wildman–Crippen MR) is 122 cm³/mol. The zero-order valence-electron chi connectivity index (χ0n) is 18.4. The number of halogens is 2. The van der Waals surface area contributed by atoms with E-state index in [1.165, 1.54) is 12.1 Å². The van der Waals surface area contributed by atoms with E-state index in [1.54, 1.807) is 12.1 Å². The highest BCUT2D eigenvalue weighted by Crippen LogP contribution is 2.37. The van der Waals surface area contributed by atoms with Crippen molar-refractivity contribution < 1.29 is 8.78 Å². The molecule has 2 aliphatic rings. The van der Waals surface area contributed by atoms with Crippen molar-refractivity contribution in [2.75, 3.05) is 25.0 Å². The molecule has 0 amide bonds. The molecule has 32 heavy (non-hydrogen) atoms. The topological polar surface area (TPSA) is 95.8 Å². The van der Waals surface area contributed by atoms with Crippen LogP contribution in [0, 0.1) is 5.82 Å². The summed E-state index contributed by atoms with van der Waals surface area (Å²) in [5.41, 5.74) is 8.71. The van der Waals surface area contributed by atoms with Gasteiger partial charge in [-0.1, -0.05) is 12.1 Å². The van der Waals surface area contributed by atoms with Gasteiger partial charge in [-0.3, -0.25) is 9.78 Å². The Kier molecular flexibility index (Phi) is 7.52. The number of hydrogen-bond acceptors (Lipinski definition) is 5. The molecule has 5 N–H and O–H groups in total. The molecule has 1 aromatic heterocycles. The lowest BCUT2D eigenvalue weighted by Crippen LogP contribution is -2.34. The number of rotatable bonds is 7. The number of hydrogen-bond donors (Lipinski definition) is 4. The predicted octanol–water partition coefficient (Wildman–Crippen LogP) is 3.35. The Labute approximate surface area is 187 Å². The molecule has 1 saturated carbocycles. The normalized spacial score (nSPS) is 23.1. The lowest BCUT2D eigenvalue weighted by Gasteiger charge is -2.29. The van der Waals surface area contributed by atoms with E-state index in [-0.39, 0.29) is 29.3 Å². The maximum Gasteiger partial charge on any atom is 0.256 e. The fourth-order valence-electron chi connectivity index (χ4n) is 4.95. The Bertz CT molecular complexity index is 934. The molecule has 1 saturated heterocycles. The molecule has 1 aliphatic carbocycles. The average Bonchev–Trinajstić information content (AvgIpc) is 2.80. The van der Waals surface area contributed by atoms with Gasteiger partial charge >= 0.3 is 0 Å². The Morgan fingerprint density at radius 3 is 2.44 bits per heavy atom. The number of piperidine rings is 1. The Balaban J connectivity index is 1.50. The highest BCUT2D eigenvalue weighted by molar-refractivity contribution is 5.35. The van der Waals surface area contributed by atoms with E-state index in [0.717, 1.165) is 42.8 Å².